The number of pyridine rings is 1. The number of ether oxygens (including phenoxy) is 1. The second kappa shape index (κ2) is 10.5. The van der Waals surface area contributed by atoms with E-state index in [-0.39, 0.29) is 22.7 Å². The quantitative estimate of drug-likeness (QED) is 0.130. The Kier molecular flexibility index (Phi) is 7.54. The first-order chi connectivity index (χ1) is 17.3. The van der Waals surface area contributed by atoms with Crippen molar-refractivity contribution in [2.45, 2.75) is 33.5 Å². The Morgan fingerprint density at radius 1 is 0.811 bits per heavy atom. The highest BCUT2D eigenvalue weighted by atomic mass is 79.9. The predicted octanol–water partition coefficient (Wildman–Crippen LogP) is 3.74. The summed E-state index contributed by atoms with van der Waals surface area (Å²) < 4.78 is 78.3. The van der Waals surface area contributed by atoms with Crippen LogP contribution in [0.2, 0.25) is 0 Å². The summed E-state index contributed by atoms with van der Waals surface area (Å²) in [5, 5.41) is 2.00. The molecular formula is C28H22BrF5N2O. The standard InChI is InChI=1S/C28H22F5N2O.BrH/c1-3-35-22-13-18(36-15-21-23(29)25(31)27(33)26(32)24(21)30)9-10-19(22)20-11-12-34(16(2)28(20)35)14-17-7-5-4-6-8-17;/h4-13H,3,14-15H2,1-2H3;1H/q+1;/p-1. The minimum atomic E-state index is -2.19. The number of benzene rings is 3. The SMILES string of the molecule is CCn1c2cc(OCc3c(F)c(F)c(F)c(F)c3F)ccc2c2cc[n+](Cc3ccccc3)c(C)c21.[Br-]. The van der Waals surface area contributed by atoms with E-state index in [4.69, 9.17) is 4.74 Å². The van der Waals surface area contributed by atoms with Gasteiger partial charge in [-0.1, -0.05) is 30.3 Å². The van der Waals surface area contributed by atoms with Gasteiger partial charge in [-0.05, 0) is 19.1 Å². The summed E-state index contributed by atoms with van der Waals surface area (Å²) in [7, 11) is 0. The minimum Gasteiger partial charge on any atom is -1.00 e. The van der Waals surface area contributed by atoms with Crippen LogP contribution in [0.4, 0.5) is 22.0 Å². The van der Waals surface area contributed by atoms with E-state index in [0.29, 0.717) is 13.1 Å². The Morgan fingerprint density at radius 2 is 1.46 bits per heavy atom. The molecule has 0 aliphatic rings. The molecule has 2 heterocycles. The van der Waals surface area contributed by atoms with E-state index in [1.54, 1.807) is 12.1 Å². The molecule has 0 spiro atoms. The van der Waals surface area contributed by atoms with Gasteiger partial charge in [0, 0.05) is 41.9 Å². The molecule has 0 bridgehead atoms. The molecule has 0 aliphatic carbocycles. The molecule has 0 aliphatic heterocycles. The lowest BCUT2D eigenvalue weighted by Crippen LogP contribution is -3.00. The number of halogens is 6. The summed E-state index contributed by atoms with van der Waals surface area (Å²) in [6.07, 6.45) is 2.04. The van der Waals surface area contributed by atoms with Gasteiger partial charge in [-0.25, -0.2) is 22.0 Å². The van der Waals surface area contributed by atoms with Crippen molar-refractivity contribution >= 4 is 21.8 Å². The fraction of sp³-hybridized carbons (Fsp3) is 0.179. The summed E-state index contributed by atoms with van der Waals surface area (Å²) in [5.41, 5.74) is 3.11. The minimum absolute atomic E-state index is 0. The first kappa shape index (κ1) is 26.6. The van der Waals surface area contributed by atoms with E-state index >= 15 is 0 Å². The van der Waals surface area contributed by atoms with Crippen LogP contribution in [-0.4, -0.2) is 4.57 Å². The van der Waals surface area contributed by atoms with Gasteiger partial charge in [0.2, 0.25) is 11.5 Å². The molecule has 0 atom stereocenters. The third-order valence-corrected chi connectivity index (χ3v) is 6.47. The van der Waals surface area contributed by atoms with Crippen LogP contribution in [0.5, 0.6) is 5.75 Å². The molecule has 5 aromatic rings. The van der Waals surface area contributed by atoms with Crippen molar-refractivity contribution in [1.82, 2.24) is 4.57 Å². The van der Waals surface area contributed by atoms with Gasteiger partial charge < -0.3 is 26.3 Å². The zero-order chi connectivity index (χ0) is 25.6. The van der Waals surface area contributed by atoms with Crippen LogP contribution in [0.15, 0.2) is 60.8 Å². The predicted molar refractivity (Wildman–Crippen MR) is 126 cm³/mol. The zero-order valence-electron chi connectivity index (χ0n) is 20.0. The summed E-state index contributed by atoms with van der Waals surface area (Å²) in [5.74, 6) is -9.72. The maximum Gasteiger partial charge on any atom is 0.203 e. The summed E-state index contributed by atoms with van der Waals surface area (Å²) in [4.78, 5) is 0. The summed E-state index contributed by atoms with van der Waals surface area (Å²) in [6.45, 7) is 4.62. The van der Waals surface area contributed by atoms with E-state index in [0.717, 1.165) is 27.5 Å². The van der Waals surface area contributed by atoms with Crippen molar-refractivity contribution < 1.29 is 48.2 Å². The molecule has 3 nitrogen and oxygen atoms in total. The molecular weight excluding hydrogens is 555 g/mol. The van der Waals surface area contributed by atoms with Crippen molar-refractivity contribution in [3.8, 4) is 5.75 Å². The van der Waals surface area contributed by atoms with Gasteiger partial charge in [-0.15, -0.1) is 0 Å². The van der Waals surface area contributed by atoms with E-state index in [1.165, 1.54) is 5.56 Å². The largest absolute Gasteiger partial charge is 1.00 e. The van der Waals surface area contributed by atoms with Crippen LogP contribution < -0.4 is 26.3 Å². The van der Waals surface area contributed by atoms with Crippen LogP contribution in [0, 0.1) is 36.0 Å². The van der Waals surface area contributed by atoms with E-state index in [2.05, 4.69) is 34.3 Å². The highest BCUT2D eigenvalue weighted by Gasteiger charge is 2.26. The molecule has 0 unspecified atom stereocenters. The third-order valence-electron chi connectivity index (χ3n) is 6.47. The molecule has 192 valence electrons. The molecule has 2 aromatic heterocycles. The van der Waals surface area contributed by atoms with Gasteiger partial charge in [0.1, 0.15) is 17.9 Å². The third kappa shape index (κ3) is 4.56. The highest BCUT2D eigenvalue weighted by Crippen LogP contribution is 2.33. The molecule has 3 aromatic carbocycles. The Bertz CT molecular complexity index is 1590. The lowest BCUT2D eigenvalue weighted by Gasteiger charge is -2.11. The molecule has 0 N–H and O–H groups in total. The van der Waals surface area contributed by atoms with Crippen LogP contribution in [0.1, 0.15) is 23.7 Å². The fourth-order valence-corrected chi connectivity index (χ4v) is 4.63. The first-order valence-electron chi connectivity index (χ1n) is 11.4. The number of hydrogen-bond acceptors (Lipinski definition) is 1. The van der Waals surface area contributed by atoms with Crippen molar-refractivity contribution in [3.63, 3.8) is 0 Å². The van der Waals surface area contributed by atoms with E-state index in [1.807, 2.05) is 37.4 Å². The Morgan fingerprint density at radius 3 is 2.11 bits per heavy atom. The molecule has 0 radical (unpaired) electrons. The number of aryl methyl sites for hydroxylation is 2. The Labute approximate surface area is 220 Å². The van der Waals surface area contributed by atoms with Crippen LogP contribution in [0.3, 0.4) is 0 Å². The number of nitrogens with zero attached hydrogens (tertiary/aromatic N) is 2. The van der Waals surface area contributed by atoms with E-state index in [9.17, 15) is 22.0 Å². The van der Waals surface area contributed by atoms with Gasteiger partial charge in [0.15, 0.2) is 36.0 Å². The molecule has 0 saturated carbocycles. The second-order valence-corrected chi connectivity index (χ2v) is 8.54. The Hall–Kier alpha value is -3.46. The van der Waals surface area contributed by atoms with Gasteiger partial charge in [0.05, 0.1) is 11.1 Å². The first-order valence-corrected chi connectivity index (χ1v) is 11.4. The summed E-state index contributed by atoms with van der Waals surface area (Å²) >= 11 is 0. The lowest BCUT2D eigenvalue weighted by molar-refractivity contribution is -0.693. The van der Waals surface area contributed by atoms with Crippen LogP contribution in [-0.2, 0) is 19.7 Å². The maximum atomic E-state index is 14.0. The smallest absolute Gasteiger partial charge is 0.203 e. The highest BCUT2D eigenvalue weighted by molar-refractivity contribution is 6.08. The van der Waals surface area contributed by atoms with Crippen LogP contribution in [0.25, 0.3) is 21.8 Å². The van der Waals surface area contributed by atoms with Gasteiger partial charge in [0.25, 0.3) is 0 Å². The average Bonchev–Trinajstić information content (AvgIpc) is 3.22. The molecule has 0 amide bonds. The normalized spacial score (nSPS) is 11.2. The molecule has 37 heavy (non-hydrogen) atoms. The van der Waals surface area contributed by atoms with Crippen molar-refractivity contribution in [2.75, 3.05) is 0 Å². The Balaban J connectivity index is 0.00000320. The lowest BCUT2D eigenvalue weighted by atomic mass is 10.1. The van der Waals surface area contributed by atoms with Gasteiger partial charge in [-0.2, -0.15) is 4.57 Å². The van der Waals surface area contributed by atoms with Crippen LogP contribution >= 0.6 is 0 Å². The van der Waals surface area contributed by atoms with Crippen molar-refractivity contribution in [1.29, 1.82) is 0 Å². The molecule has 5 rings (SSSR count). The maximum absolute atomic E-state index is 14.0. The molecule has 0 fully saturated rings. The molecule has 9 heteroatoms. The van der Waals surface area contributed by atoms with Crippen molar-refractivity contribution in [3.05, 3.63) is 107 Å². The van der Waals surface area contributed by atoms with E-state index < -0.39 is 41.3 Å². The number of hydrogen-bond donors (Lipinski definition) is 0. The second-order valence-electron chi connectivity index (χ2n) is 8.54. The number of fused-ring (bicyclic) bond motifs is 3. The number of rotatable bonds is 6. The topological polar surface area (TPSA) is 18.0 Å². The zero-order valence-corrected chi connectivity index (χ0v) is 21.6. The molecule has 0 saturated heterocycles. The fourth-order valence-electron chi connectivity index (χ4n) is 4.63. The average molecular weight is 577 g/mol. The van der Waals surface area contributed by atoms with Gasteiger partial charge >= 0.3 is 0 Å². The summed E-state index contributed by atoms with van der Waals surface area (Å²) in [6, 6.07) is 17.3. The number of aromatic nitrogens is 2. The van der Waals surface area contributed by atoms with Gasteiger partial charge in [-0.3, -0.25) is 0 Å². The monoisotopic (exact) mass is 576 g/mol. The van der Waals surface area contributed by atoms with Crippen molar-refractivity contribution in [2.24, 2.45) is 0 Å².